The van der Waals surface area contributed by atoms with Gasteiger partial charge in [0.25, 0.3) is 0 Å². The van der Waals surface area contributed by atoms with E-state index in [2.05, 4.69) is 29.6 Å². The van der Waals surface area contributed by atoms with Crippen LogP contribution in [0.1, 0.15) is 37.2 Å². The Hall–Kier alpha value is -0.860. The first-order valence-corrected chi connectivity index (χ1v) is 6.67. The maximum absolute atomic E-state index is 12.2. The number of nitrogens with one attached hydrogen (secondary N) is 1. The molecule has 1 heterocycles. The predicted octanol–water partition coefficient (Wildman–Crippen LogP) is 2.92. The van der Waals surface area contributed by atoms with Crippen molar-refractivity contribution in [2.45, 2.75) is 37.6 Å². The number of carbonyl (C=O) groups excluding carboxylic acids is 1. The molecule has 2 fully saturated rings. The van der Waals surface area contributed by atoms with Crippen LogP contribution in [0.5, 0.6) is 0 Å². The van der Waals surface area contributed by atoms with Gasteiger partial charge in [-0.3, -0.25) is 4.79 Å². The lowest BCUT2D eigenvalue weighted by Crippen LogP contribution is -2.30. The number of rotatable bonds is 1. The summed E-state index contributed by atoms with van der Waals surface area (Å²) in [4.78, 5) is 12.2. The van der Waals surface area contributed by atoms with Gasteiger partial charge in [0.15, 0.2) is 0 Å². The van der Waals surface area contributed by atoms with Gasteiger partial charge >= 0.3 is 0 Å². The average molecular weight is 266 g/mol. The molecule has 0 radical (unpaired) electrons. The van der Waals surface area contributed by atoms with E-state index in [9.17, 15) is 4.79 Å². The number of fused-ring (bicyclic) bond motifs is 1. The fraction of sp³-hybridized carbons (Fsp3) is 0.533. The summed E-state index contributed by atoms with van der Waals surface area (Å²) in [6.07, 6.45) is 4.22. The number of halogens is 1. The first-order chi connectivity index (χ1) is 8.36. The molecule has 18 heavy (non-hydrogen) atoms. The molecule has 1 aromatic rings. The molecule has 0 unspecified atom stereocenters. The average Bonchev–Trinajstić information content (AvgIpc) is 2.71. The van der Waals surface area contributed by atoms with Gasteiger partial charge in [0.05, 0.1) is 0 Å². The van der Waals surface area contributed by atoms with Crippen molar-refractivity contribution in [3.05, 3.63) is 35.9 Å². The van der Waals surface area contributed by atoms with Crippen LogP contribution in [0.15, 0.2) is 30.3 Å². The molecule has 0 bridgehead atoms. The summed E-state index contributed by atoms with van der Waals surface area (Å²) in [5, 5.41) is 3.56. The Bertz CT molecular complexity index is 406. The third-order valence-corrected chi connectivity index (χ3v) is 4.25. The van der Waals surface area contributed by atoms with E-state index < -0.39 is 0 Å². The highest BCUT2D eigenvalue weighted by molar-refractivity contribution is 5.85. The highest BCUT2D eigenvalue weighted by Crippen LogP contribution is 2.37. The quantitative estimate of drug-likeness (QED) is 0.846. The molecule has 0 amide bonds. The van der Waals surface area contributed by atoms with E-state index >= 15 is 0 Å². The van der Waals surface area contributed by atoms with Gasteiger partial charge < -0.3 is 5.32 Å². The number of hydrogen-bond acceptors (Lipinski definition) is 2. The molecule has 1 aliphatic carbocycles. The maximum Gasteiger partial charge on any atom is 0.138 e. The zero-order valence-electron chi connectivity index (χ0n) is 10.5. The monoisotopic (exact) mass is 265 g/mol. The van der Waals surface area contributed by atoms with Crippen LogP contribution >= 0.6 is 12.4 Å². The smallest absolute Gasteiger partial charge is 0.138 e. The molecular weight excluding hydrogens is 246 g/mol. The molecule has 1 N–H and O–H groups in total. The number of ketones is 1. The van der Waals surface area contributed by atoms with Crippen LogP contribution in [0.25, 0.3) is 0 Å². The van der Waals surface area contributed by atoms with Gasteiger partial charge in [-0.15, -0.1) is 12.4 Å². The molecule has 3 rings (SSSR count). The number of benzene rings is 1. The zero-order chi connectivity index (χ0) is 11.7. The first-order valence-electron chi connectivity index (χ1n) is 6.67. The molecule has 0 spiro atoms. The molecule has 1 saturated carbocycles. The van der Waals surface area contributed by atoms with Crippen molar-refractivity contribution in [2.24, 2.45) is 5.92 Å². The van der Waals surface area contributed by atoms with Crippen LogP contribution in [0, 0.1) is 5.92 Å². The van der Waals surface area contributed by atoms with Crippen LogP contribution in [-0.4, -0.2) is 18.4 Å². The largest absolute Gasteiger partial charge is 0.313 e. The van der Waals surface area contributed by atoms with Gasteiger partial charge in [0.1, 0.15) is 5.78 Å². The second-order valence-electron chi connectivity index (χ2n) is 5.27. The van der Waals surface area contributed by atoms with E-state index in [0.29, 0.717) is 17.7 Å². The summed E-state index contributed by atoms with van der Waals surface area (Å²) in [5.74, 6) is 1.10. The summed E-state index contributed by atoms with van der Waals surface area (Å²) in [6, 6.07) is 10.9. The van der Waals surface area contributed by atoms with E-state index in [0.717, 1.165) is 19.4 Å². The van der Waals surface area contributed by atoms with Crippen molar-refractivity contribution in [1.29, 1.82) is 0 Å². The lowest BCUT2D eigenvalue weighted by Gasteiger charge is -2.20. The summed E-state index contributed by atoms with van der Waals surface area (Å²) in [7, 11) is 0. The fourth-order valence-electron chi connectivity index (χ4n) is 3.40. The molecule has 1 aliphatic heterocycles. The van der Waals surface area contributed by atoms with Gasteiger partial charge in [-0.05, 0) is 18.4 Å². The minimum atomic E-state index is 0. The van der Waals surface area contributed by atoms with E-state index in [1.807, 2.05) is 6.07 Å². The standard InChI is InChI=1S/C15H19NO.ClH/c17-14-9-5-4-8-13-15(14)12(10-16-13)11-6-2-1-3-7-11;/h1-3,6-7,12-13,15-16H,4-5,8-10H2;1H/t12-,13+,15-;/m1./s1. The number of carbonyl (C=O) groups is 1. The highest BCUT2D eigenvalue weighted by atomic mass is 35.5. The number of hydrogen-bond donors (Lipinski definition) is 1. The van der Waals surface area contributed by atoms with Gasteiger partial charge in [-0.2, -0.15) is 0 Å². The summed E-state index contributed by atoms with van der Waals surface area (Å²) in [5.41, 5.74) is 1.32. The Labute approximate surface area is 115 Å². The second-order valence-corrected chi connectivity index (χ2v) is 5.27. The van der Waals surface area contributed by atoms with Crippen LogP contribution in [0.2, 0.25) is 0 Å². The third-order valence-electron chi connectivity index (χ3n) is 4.25. The Balaban J connectivity index is 0.00000120. The third kappa shape index (κ3) is 2.45. The molecule has 2 aliphatic rings. The predicted molar refractivity (Wildman–Crippen MR) is 75.2 cm³/mol. The van der Waals surface area contributed by atoms with E-state index in [-0.39, 0.29) is 18.3 Å². The maximum atomic E-state index is 12.2. The van der Waals surface area contributed by atoms with E-state index in [1.54, 1.807) is 0 Å². The molecule has 2 nitrogen and oxygen atoms in total. The zero-order valence-corrected chi connectivity index (χ0v) is 11.3. The van der Waals surface area contributed by atoms with E-state index in [4.69, 9.17) is 0 Å². The Morgan fingerprint density at radius 1 is 1.11 bits per heavy atom. The van der Waals surface area contributed by atoms with Gasteiger partial charge in [0, 0.05) is 30.8 Å². The Morgan fingerprint density at radius 3 is 2.67 bits per heavy atom. The molecule has 3 heteroatoms. The highest BCUT2D eigenvalue weighted by Gasteiger charge is 2.41. The molecule has 1 aromatic carbocycles. The molecule has 3 atom stereocenters. The molecule has 98 valence electrons. The lowest BCUT2D eigenvalue weighted by molar-refractivity contribution is -0.123. The topological polar surface area (TPSA) is 29.1 Å². The Kier molecular flexibility index (Phi) is 4.41. The van der Waals surface area contributed by atoms with Gasteiger partial charge in [-0.1, -0.05) is 36.8 Å². The van der Waals surface area contributed by atoms with Gasteiger partial charge in [0.2, 0.25) is 0 Å². The fourth-order valence-corrected chi connectivity index (χ4v) is 3.40. The molecule has 1 saturated heterocycles. The summed E-state index contributed by atoms with van der Waals surface area (Å²) in [6.45, 7) is 0.963. The Morgan fingerprint density at radius 2 is 1.89 bits per heavy atom. The lowest BCUT2D eigenvalue weighted by atomic mass is 9.82. The first kappa shape index (κ1) is 13.6. The van der Waals surface area contributed by atoms with Crippen molar-refractivity contribution in [2.75, 3.05) is 6.54 Å². The van der Waals surface area contributed by atoms with Crippen molar-refractivity contribution >= 4 is 18.2 Å². The van der Waals surface area contributed by atoms with Crippen LogP contribution in [-0.2, 0) is 4.79 Å². The number of Topliss-reactive ketones (excluding diaryl/α,β-unsaturated/α-hetero) is 1. The molecular formula is C15H20ClNO. The van der Waals surface area contributed by atoms with Crippen molar-refractivity contribution < 1.29 is 4.79 Å². The molecule has 0 aromatic heterocycles. The van der Waals surface area contributed by atoms with Crippen molar-refractivity contribution in [1.82, 2.24) is 5.32 Å². The van der Waals surface area contributed by atoms with Crippen LogP contribution in [0.3, 0.4) is 0 Å². The normalized spacial score (nSPS) is 31.3. The van der Waals surface area contributed by atoms with E-state index in [1.165, 1.54) is 18.4 Å². The second kappa shape index (κ2) is 5.85. The van der Waals surface area contributed by atoms with Crippen molar-refractivity contribution in [3.63, 3.8) is 0 Å². The summed E-state index contributed by atoms with van der Waals surface area (Å²) >= 11 is 0. The summed E-state index contributed by atoms with van der Waals surface area (Å²) < 4.78 is 0. The van der Waals surface area contributed by atoms with Crippen LogP contribution < -0.4 is 5.32 Å². The minimum absolute atomic E-state index is 0. The minimum Gasteiger partial charge on any atom is -0.313 e. The van der Waals surface area contributed by atoms with Crippen LogP contribution in [0.4, 0.5) is 0 Å². The SMILES string of the molecule is Cl.O=C1CCCC[C@@H]2NC[C@H](c3ccccc3)[C@@H]12. The van der Waals surface area contributed by atoms with Gasteiger partial charge in [-0.25, -0.2) is 0 Å². The van der Waals surface area contributed by atoms with Crippen molar-refractivity contribution in [3.8, 4) is 0 Å².